The highest BCUT2D eigenvalue weighted by atomic mass is 35.5. The van der Waals surface area contributed by atoms with Crippen LogP contribution in [0.3, 0.4) is 0 Å². The van der Waals surface area contributed by atoms with Crippen LogP contribution in [-0.2, 0) is 16.0 Å². The third-order valence-corrected chi connectivity index (χ3v) is 5.00. The Morgan fingerprint density at radius 2 is 1.77 bits per heavy atom. The zero-order chi connectivity index (χ0) is 18.7. The van der Waals surface area contributed by atoms with Crippen LogP contribution in [0, 0.1) is 25.7 Å². The highest BCUT2D eigenvalue weighted by molar-refractivity contribution is 6.34. The third-order valence-electron chi connectivity index (χ3n) is 4.70. The first-order valence-corrected chi connectivity index (χ1v) is 9.22. The lowest BCUT2D eigenvalue weighted by atomic mass is 10.1. The van der Waals surface area contributed by atoms with E-state index in [1.54, 1.807) is 0 Å². The van der Waals surface area contributed by atoms with Gasteiger partial charge in [0.25, 0.3) is 0 Å². The molecule has 2 unspecified atom stereocenters. The molecule has 4 nitrogen and oxygen atoms in total. The Kier molecular flexibility index (Phi) is 5.62. The van der Waals surface area contributed by atoms with E-state index in [0.29, 0.717) is 23.7 Å². The highest BCUT2D eigenvalue weighted by Crippen LogP contribution is 2.40. The number of rotatable bonds is 6. The van der Waals surface area contributed by atoms with E-state index >= 15 is 0 Å². The molecule has 0 aromatic heterocycles. The van der Waals surface area contributed by atoms with Gasteiger partial charge in [0.2, 0.25) is 11.8 Å². The molecule has 1 fully saturated rings. The fourth-order valence-corrected chi connectivity index (χ4v) is 3.54. The van der Waals surface area contributed by atoms with Crippen LogP contribution in [0.2, 0.25) is 5.02 Å². The zero-order valence-electron chi connectivity index (χ0n) is 15.0. The molecular formula is C21H23ClN2O2. The van der Waals surface area contributed by atoms with Crippen molar-refractivity contribution >= 4 is 29.1 Å². The number of hydrogen-bond donors (Lipinski definition) is 2. The Hall–Kier alpha value is -2.33. The van der Waals surface area contributed by atoms with Crippen molar-refractivity contribution in [1.82, 2.24) is 5.32 Å². The molecule has 0 saturated heterocycles. The minimum atomic E-state index is -0.275. The number of halogens is 1. The topological polar surface area (TPSA) is 58.2 Å². The maximum Gasteiger partial charge on any atom is 0.228 e. The molecule has 0 aliphatic heterocycles. The van der Waals surface area contributed by atoms with Gasteiger partial charge in [0.15, 0.2) is 0 Å². The second-order valence-corrected chi connectivity index (χ2v) is 7.31. The van der Waals surface area contributed by atoms with Crippen molar-refractivity contribution in [3.05, 3.63) is 64.2 Å². The SMILES string of the molecule is Cc1cc(C)c(NC(=O)C2CC2C(=O)NCCc2ccccc2)c(Cl)c1. The summed E-state index contributed by atoms with van der Waals surface area (Å²) in [5, 5.41) is 6.34. The minimum Gasteiger partial charge on any atom is -0.356 e. The third kappa shape index (κ3) is 4.44. The molecule has 1 aliphatic carbocycles. The average molecular weight is 371 g/mol. The largest absolute Gasteiger partial charge is 0.356 e. The van der Waals surface area contributed by atoms with Gasteiger partial charge in [-0.15, -0.1) is 0 Å². The van der Waals surface area contributed by atoms with E-state index in [1.165, 1.54) is 5.56 Å². The summed E-state index contributed by atoms with van der Waals surface area (Å²) < 4.78 is 0. The Morgan fingerprint density at radius 1 is 1.08 bits per heavy atom. The van der Waals surface area contributed by atoms with Gasteiger partial charge in [0, 0.05) is 6.54 Å². The van der Waals surface area contributed by atoms with Crippen LogP contribution < -0.4 is 10.6 Å². The summed E-state index contributed by atoms with van der Waals surface area (Å²) >= 11 is 6.24. The van der Waals surface area contributed by atoms with E-state index in [0.717, 1.165) is 17.5 Å². The van der Waals surface area contributed by atoms with Crippen LogP contribution in [0.25, 0.3) is 0 Å². The van der Waals surface area contributed by atoms with E-state index < -0.39 is 0 Å². The van der Waals surface area contributed by atoms with Crippen LogP contribution in [0.5, 0.6) is 0 Å². The standard InChI is InChI=1S/C21H23ClN2O2/c1-13-10-14(2)19(18(22)11-13)24-21(26)17-12-16(17)20(25)23-9-8-15-6-4-3-5-7-15/h3-7,10-11,16-17H,8-9,12H2,1-2H3,(H,23,25)(H,24,26). The number of nitrogens with one attached hydrogen (secondary N) is 2. The number of benzene rings is 2. The van der Waals surface area contributed by atoms with E-state index in [2.05, 4.69) is 10.6 Å². The maximum absolute atomic E-state index is 12.4. The van der Waals surface area contributed by atoms with Gasteiger partial charge >= 0.3 is 0 Å². The van der Waals surface area contributed by atoms with E-state index in [9.17, 15) is 9.59 Å². The number of amides is 2. The molecule has 2 aromatic rings. The first-order chi connectivity index (χ1) is 12.5. The van der Waals surface area contributed by atoms with Crippen LogP contribution in [0.4, 0.5) is 5.69 Å². The molecule has 0 radical (unpaired) electrons. The van der Waals surface area contributed by atoms with Gasteiger partial charge in [0.05, 0.1) is 22.5 Å². The minimum absolute atomic E-state index is 0.0483. The lowest BCUT2D eigenvalue weighted by molar-refractivity contribution is -0.125. The molecule has 2 atom stereocenters. The summed E-state index contributed by atoms with van der Waals surface area (Å²) in [6.07, 6.45) is 1.37. The van der Waals surface area contributed by atoms with E-state index in [4.69, 9.17) is 11.6 Å². The van der Waals surface area contributed by atoms with Gasteiger partial charge < -0.3 is 10.6 Å². The quantitative estimate of drug-likeness (QED) is 0.810. The summed E-state index contributed by atoms with van der Waals surface area (Å²) in [5.74, 6) is -0.700. The second-order valence-electron chi connectivity index (χ2n) is 6.90. The number of aryl methyl sites for hydroxylation is 2. The van der Waals surface area contributed by atoms with Gasteiger partial charge in [-0.25, -0.2) is 0 Å². The molecule has 3 rings (SSSR count). The monoisotopic (exact) mass is 370 g/mol. The highest BCUT2D eigenvalue weighted by Gasteiger charge is 2.48. The molecule has 1 aliphatic rings. The van der Waals surface area contributed by atoms with Gasteiger partial charge in [-0.2, -0.15) is 0 Å². The fourth-order valence-electron chi connectivity index (χ4n) is 3.17. The molecule has 0 bridgehead atoms. The Morgan fingerprint density at radius 3 is 2.46 bits per heavy atom. The Labute approximate surface area is 158 Å². The molecule has 2 aromatic carbocycles. The van der Waals surface area contributed by atoms with Crippen molar-refractivity contribution < 1.29 is 9.59 Å². The van der Waals surface area contributed by atoms with Gasteiger partial charge in [0.1, 0.15) is 0 Å². The van der Waals surface area contributed by atoms with Crippen molar-refractivity contribution in [1.29, 1.82) is 0 Å². The van der Waals surface area contributed by atoms with Crippen LogP contribution in [-0.4, -0.2) is 18.4 Å². The Bertz CT molecular complexity index is 797. The first kappa shape index (κ1) is 18.5. The number of anilines is 1. The molecule has 5 heteroatoms. The molecular weight excluding hydrogens is 348 g/mol. The number of carbonyl (C=O) groups excluding carboxylic acids is 2. The number of carbonyl (C=O) groups is 2. The van der Waals surface area contributed by atoms with E-state index in [-0.39, 0.29) is 23.7 Å². The summed E-state index contributed by atoms with van der Waals surface area (Å²) in [4.78, 5) is 24.6. The molecule has 136 valence electrons. The molecule has 1 saturated carbocycles. The van der Waals surface area contributed by atoms with Crippen molar-refractivity contribution in [2.24, 2.45) is 11.8 Å². The second kappa shape index (κ2) is 7.92. The van der Waals surface area contributed by atoms with Gasteiger partial charge in [-0.05, 0) is 49.4 Å². The van der Waals surface area contributed by atoms with Crippen molar-refractivity contribution in [3.63, 3.8) is 0 Å². The first-order valence-electron chi connectivity index (χ1n) is 8.85. The van der Waals surface area contributed by atoms with Crippen LogP contribution >= 0.6 is 11.6 Å². The molecule has 0 heterocycles. The molecule has 2 N–H and O–H groups in total. The number of hydrogen-bond acceptors (Lipinski definition) is 2. The summed E-state index contributed by atoms with van der Waals surface area (Å²) in [7, 11) is 0. The summed E-state index contributed by atoms with van der Waals surface area (Å²) in [6, 6.07) is 13.8. The molecule has 0 spiro atoms. The summed E-state index contributed by atoms with van der Waals surface area (Å²) in [6.45, 7) is 4.45. The fraction of sp³-hybridized carbons (Fsp3) is 0.333. The zero-order valence-corrected chi connectivity index (χ0v) is 15.8. The van der Waals surface area contributed by atoms with Gasteiger partial charge in [-0.1, -0.05) is 48.0 Å². The van der Waals surface area contributed by atoms with Crippen molar-refractivity contribution in [3.8, 4) is 0 Å². The van der Waals surface area contributed by atoms with Crippen molar-refractivity contribution in [2.45, 2.75) is 26.7 Å². The van der Waals surface area contributed by atoms with Gasteiger partial charge in [-0.3, -0.25) is 9.59 Å². The molecule has 26 heavy (non-hydrogen) atoms. The Balaban J connectivity index is 1.48. The molecule has 2 amide bonds. The predicted octanol–water partition coefficient (Wildman–Crippen LogP) is 3.89. The lowest BCUT2D eigenvalue weighted by Gasteiger charge is -2.11. The lowest BCUT2D eigenvalue weighted by Crippen LogP contribution is -2.29. The van der Waals surface area contributed by atoms with Crippen LogP contribution in [0.1, 0.15) is 23.1 Å². The maximum atomic E-state index is 12.4. The average Bonchev–Trinajstić information content (AvgIpc) is 3.40. The van der Waals surface area contributed by atoms with Crippen molar-refractivity contribution in [2.75, 3.05) is 11.9 Å². The van der Waals surface area contributed by atoms with Crippen LogP contribution in [0.15, 0.2) is 42.5 Å². The van der Waals surface area contributed by atoms with E-state index in [1.807, 2.05) is 56.3 Å². The predicted molar refractivity (Wildman–Crippen MR) is 104 cm³/mol. The summed E-state index contributed by atoms with van der Waals surface area (Å²) in [5.41, 5.74) is 3.79. The smallest absolute Gasteiger partial charge is 0.228 e. The normalized spacial score (nSPS) is 18.3.